The third-order valence-corrected chi connectivity index (χ3v) is 8.42. The lowest BCUT2D eigenvalue weighted by molar-refractivity contribution is 0.150. The third kappa shape index (κ3) is 3.80. The van der Waals surface area contributed by atoms with Crippen LogP contribution < -0.4 is 4.90 Å². The Morgan fingerprint density at radius 1 is 1.06 bits per heavy atom. The molecule has 0 unspecified atom stereocenters. The highest BCUT2D eigenvalue weighted by Crippen LogP contribution is 2.53. The zero-order valence-corrected chi connectivity index (χ0v) is 20.5. The average Bonchev–Trinajstić information content (AvgIpc) is 3.43. The fourth-order valence-corrected chi connectivity index (χ4v) is 6.55. The van der Waals surface area contributed by atoms with E-state index >= 15 is 0 Å². The van der Waals surface area contributed by atoms with Gasteiger partial charge in [-0.15, -0.1) is 0 Å². The molecule has 2 aliphatic rings. The smallest absolute Gasteiger partial charge is 0.267 e. The number of hydrogen-bond donors (Lipinski definition) is 0. The van der Waals surface area contributed by atoms with Gasteiger partial charge in [0, 0.05) is 25.5 Å². The van der Waals surface area contributed by atoms with E-state index in [2.05, 4.69) is 26.0 Å². The second-order valence-corrected chi connectivity index (χ2v) is 10.7. The van der Waals surface area contributed by atoms with E-state index in [0.29, 0.717) is 23.3 Å². The molecule has 3 aromatic heterocycles. The minimum absolute atomic E-state index is 0.0753. The fraction of sp³-hybridized carbons (Fsp3) is 0.292. The molecule has 1 spiro atoms. The Bertz CT molecular complexity index is 1450. The van der Waals surface area contributed by atoms with Gasteiger partial charge in [-0.05, 0) is 42.4 Å². The molecule has 1 aliphatic heterocycles. The second kappa shape index (κ2) is 8.50. The maximum absolute atomic E-state index is 14.1. The largest absolute Gasteiger partial charge is 0.348 e. The highest BCUT2D eigenvalue weighted by Gasteiger charge is 2.42. The number of nitrogens with zero attached hydrogens (tertiary/aromatic N) is 5. The second-order valence-electron chi connectivity index (χ2n) is 8.89. The van der Waals surface area contributed by atoms with Gasteiger partial charge in [-0.3, -0.25) is 4.98 Å². The Kier molecular flexibility index (Phi) is 5.54. The van der Waals surface area contributed by atoms with Crippen molar-refractivity contribution in [1.82, 2.24) is 19.7 Å². The van der Waals surface area contributed by atoms with E-state index in [0.717, 1.165) is 41.3 Å². The maximum Gasteiger partial charge on any atom is 0.267 e. The van der Waals surface area contributed by atoms with Crippen molar-refractivity contribution in [2.75, 3.05) is 18.0 Å². The molecule has 5 nitrogen and oxygen atoms in total. The quantitative estimate of drug-likeness (QED) is 0.274. The van der Waals surface area contributed by atoms with Gasteiger partial charge in [0.15, 0.2) is 5.13 Å². The number of aromatic nitrogens is 4. The van der Waals surface area contributed by atoms with Crippen molar-refractivity contribution in [2.45, 2.75) is 25.7 Å². The first-order valence-electron chi connectivity index (χ1n) is 11.0. The van der Waals surface area contributed by atoms with Crippen molar-refractivity contribution in [2.24, 2.45) is 5.41 Å². The summed E-state index contributed by atoms with van der Waals surface area (Å²) in [7, 11) is 0. The predicted molar refractivity (Wildman–Crippen MR) is 132 cm³/mol. The molecule has 1 saturated heterocycles. The van der Waals surface area contributed by atoms with Crippen molar-refractivity contribution in [3.63, 3.8) is 0 Å². The number of rotatable bonds is 4. The number of alkyl halides is 2. The molecule has 0 amide bonds. The zero-order chi connectivity index (χ0) is 24.3. The van der Waals surface area contributed by atoms with Crippen LogP contribution in [0.4, 0.5) is 18.3 Å². The zero-order valence-electron chi connectivity index (χ0n) is 18.2. The number of thiazole rings is 1. The average molecular weight is 536 g/mol. The van der Waals surface area contributed by atoms with E-state index in [1.54, 1.807) is 6.07 Å². The van der Waals surface area contributed by atoms with Crippen molar-refractivity contribution in [3.05, 3.63) is 70.0 Å². The Hall–Kier alpha value is -2.62. The molecule has 0 radical (unpaired) electrons. The summed E-state index contributed by atoms with van der Waals surface area (Å²) in [5.74, 6) is -0.314. The molecule has 11 heteroatoms. The van der Waals surface area contributed by atoms with Crippen molar-refractivity contribution < 1.29 is 13.2 Å². The molecule has 0 atom stereocenters. The number of allylic oxidation sites excluding steroid dienone is 2. The number of fused-ring (bicyclic) bond motifs is 1. The molecular formula is C24H18Cl2F3N5S. The van der Waals surface area contributed by atoms with Gasteiger partial charge in [0.2, 0.25) is 0 Å². The van der Waals surface area contributed by atoms with Gasteiger partial charge in [-0.2, -0.15) is 5.10 Å². The van der Waals surface area contributed by atoms with Gasteiger partial charge in [0.25, 0.3) is 6.43 Å². The molecule has 1 fully saturated rings. The number of halogens is 5. The number of anilines is 1. The van der Waals surface area contributed by atoms with Crippen molar-refractivity contribution >= 4 is 55.5 Å². The van der Waals surface area contributed by atoms with Crippen LogP contribution in [0.2, 0.25) is 10.0 Å². The fourth-order valence-electron chi connectivity index (χ4n) is 4.99. The minimum Gasteiger partial charge on any atom is -0.348 e. The normalized spacial score (nSPS) is 17.3. The molecule has 0 bridgehead atoms. The topological polar surface area (TPSA) is 46.8 Å². The molecule has 35 heavy (non-hydrogen) atoms. The molecule has 0 saturated carbocycles. The van der Waals surface area contributed by atoms with Crippen LogP contribution in [0, 0.1) is 11.2 Å². The molecule has 180 valence electrons. The first-order valence-corrected chi connectivity index (χ1v) is 12.6. The van der Waals surface area contributed by atoms with Crippen molar-refractivity contribution in [3.8, 4) is 5.69 Å². The lowest BCUT2D eigenvalue weighted by Crippen LogP contribution is -2.42. The summed E-state index contributed by atoms with van der Waals surface area (Å²) in [6.07, 6.45) is 5.76. The van der Waals surface area contributed by atoms with E-state index in [1.807, 2.05) is 6.07 Å². The summed E-state index contributed by atoms with van der Waals surface area (Å²) in [5.41, 5.74) is 1.66. The summed E-state index contributed by atoms with van der Waals surface area (Å²) in [5, 5.41) is 5.48. The first kappa shape index (κ1) is 22.8. The maximum atomic E-state index is 14.1. The SMILES string of the molecule is Fc1cccc2sc(N3CCC4(C=C(c5c(C(F)F)cnn5-c5c(Cl)cncc5Cl)C4)CC3)nc12. The molecule has 1 aliphatic carbocycles. The number of benzene rings is 1. The number of piperidine rings is 1. The van der Waals surface area contributed by atoms with Gasteiger partial charge in [0.05, 0.1) is 32.2 Å². The van der Waals surface area contributed by atoms with Gasteiger partial charge in [0.1, 0.15) is 17.0 Å². The summed E-state index contributed by atoms with van der Waals surface area (Å²) in [6.45, 7) is 1.52. The number of pyridine rings is 1. The summed E-state index contributed by atoms with van der Waals surface area (Å²) >= 11 is 14.1. The van der Waals surface area contributed by atoms with Gasteiger partial charge < -0.3 is 4.90 Å². The third-order valence-electron chi connectivity index (χ3n) is 6.79. The summed E-state index contributed by atoms with van der Waals surface area (Å²) in [6, 6.07) is 4.98. The van der Waals surface area contributed by atoms with Gasteiger partial charge in [-0.25, -0.2) is 22.8 Å². The Morgan fingerprint density at radius 2 is 1.77 bits per heavy atom. The highest BCUT2D eigenvalue weighted by atomic mass is 35.5. The Labute approximate surface area is 212 Å². The van der Waals surface area contributed by atoms with Crippen LogP contribution >= 0.6 is 34.5 Å². The Morgan fingerprint density at radius 3 is 2.43 bits per heavy atom. The van der Waals surface area contributed by atoms with E-state index in [9.17, 15) is 13.2 Å². The van der Waals surface area contributed by atoms with Gasteiger partial charge >= 0.3 is 0 Å². The van der Waals surface area contributed by atoms with E-state index < -0.39 is 6.43 Å². The number of hydrogen-bond acceptors (Lipinski definition) is 5. The van der Waals surface area contributed by atoms with Crippen LogP contribution in [0.5, 0.6) is 0 Å². The number of para-hydroxylation sites is 1. The van der Waals surface area contributed by atoms with Gasteiger partial charge in [-0.1, -0.05) is 46.7 Å². The molecule has 0 N–H and O–H groups in total. The monoisotopic (exact) mass is 535 g/mol. The van der Waals surface area contributed by atoms with Crippen LogP contribution in [0.3, 0.4) is 0 Å². The first-order chi connectivity index (χ1) is 16.8. The van der Waals surface area contributed by atoms with Crippen LogP contribution in [-0.2, 0) is 0 Å². The van der Waals surface area contributed by atoms with Crippen LogP contribution in [0.25, 0.3) is 21.5 Å². The standard InChI is InChI=1S/C24H18Cl2F3N5S/c25-15-11-30-12-16(26)21(15)34-20(14(10-31-34)22(28)29)13-8-24(9-13)4-6-33(7-5-24)23-32-19-17(27)2-1-3-18(19)35-23/h1-3,8,10-12,22H,4-7,9H2. The lowest BCUT2D eigenvalue weighted by Gasteiger charge is -2.46. The minimum atomic E-state index is -2.68. The molecule has 1 aromatic carbocycles. The van der Waals surface area contributed by atoms with Crippen molar-refractivity contribution in [1.29, 1.82) is 0 Å². The molecule has 4 heterocycles. The van der Waals surface area contributed by atoms with Crippen LogP contribution in [0.15, 0.2) is 42.9 Å². The van der Waals surface area contributed by atoms with Crippen LogP contribution in [-0.4, -0.2) is 32.8 Å². The highest BCUT2D eigenvalue weighted by molar-refractivity contribution is 7.22. The Balaban J connectivity index is 1.27. The molecular weight excluding hydrogens is 518 g/mol. The van der Waals surface area contributed by atoms with E-state index in [1.165, 1.54) is 40.7 Å². The molecule has 6 rings (SSSR count). The summed E-state index contributed by atoms with van der Waals surface area (Å²) < 4.78 is 44.0. The summed E-state index contributed by atoms with van der Waals surface area (Å²) in [4.78, 5) is 10.6. The van der Waals surface area contributed by atoms with E-state index in [4.69, 9.17) is 23.2 Å². The predicted octanol–water partition coefficient (Wildman–Crippen LogP) is 7.33. The van der Waals surface area contributed by atoms with E-state index in [-0.39, 0.29) is 26.8 Å². The molecule has 4 aromatic rings. The lowest BCUT2D eigenvalue weighted by atomic mass is 9.64. The van der Waals surface area contributed by atoms with Crippen LogP contribution in [0.1, 0.15) is 36.9 Å².